The van der Waals surface area contributed by atoms with Crippen LogP contribution in [-0.2, 0) is 14.3 Å². The van der Waals surface area contributed by atoms with Gasteiger partial charge >= 0.3 is 11.7 Å². The van der Waals surface area contributed by atoms with Crippen molar-refractivity contribution in [2.75, 3.05) is 24.7 Å². The lowest BCUT2D eigenvalue weighted by Crippen LogP contribution is -2.36. The maximum Gasteiger partial charge on any atom is 0.344 e. The molecule has 0 bridgehead atoms. The number of benzene rings is 2. The molecular formula is C19H16ClN3O6. The number of nitro groups is 1. The van der Waals surface area contributed by atoms with Crippen LogP contribution in [0.2, 0.25) is 5.02 Å². The highest BCUT2D eigenvalue weighted by atomic mass is 35.5. The fourth-order valence-corrected chi connectivity index (χ4v) is 2.52. The van der Waals surface area contributed by atoms with Gasteiger partial charge in [-0.3, -0.25) is 14.9 Å². The normalized spacial score (nSPS) is 9.93. The number of carbonyl (C=O) groups excluding carboxylic acids is 2. The molecule has 0 aliphatic rings. The zero-order valence-corrected chi connectivity index (χ0v) is 15.9. The molecule has 0 saturated carbocycles. The van der Waals surface area contributed by atoms with Gasteiger partial charge in [0.25, 0.3) is 5.91 Å². The number of amides is 1. The maximum absolute atomic E-state index is 12.4. The van der Waals surface area contributed by atoms with Gasteiger partial charge in [-0.15, -0.1) is 0 Å². The summed E-state index contributed by atoms with van der Waals surface area (Å²) in [7, 11) is 0. The van der Waals surface area contributed by atoms with E-state index in [4.69, 9.17) is 26.3 Å². The molecule has 0 unspecified atom stereocenters. The van der Waals surface area contributed by atoms with Crippen LogP contribution in [0.1, 0.15) is 6.42 Å². The van der Waals surface area contributed by atoms with Crippen molar-refractivity contribution in [1.29, 1.82) is 5.26 Å². The first-order valence-electron chi connectivity index (χ1n) is 8.37. The Labute approximate surface area is 171 Å². The fourth-order valence-electron chi connectivity index (χ4n) is 2.33. The van der Waals surface area contributed by atoms with Crippen molar-refractivity contribution in [3.8, 4) is 11.8 Å². The van der Waals surface area contributed by atoms with Crippen LogP contribution in [0.3, 0.4) is 0 Å². The van der Waals surface area contributed by atoms with Gasteiger partial charge in [0.15, 0.2) is 19.0 Å². The SMILES string of the molecule is N#CCCN(C(=O)COC(=O)COc1ccccc1[N+](=O)[O-])c1cccc(Cl)c1. The van der Waals surface area contributed by atoms with E-state index in [1.165, 1.54) is 29.2 Å². The van der Waals surface area contributed by atoms with Crippen LogP contribution in [-0.4, -0.2) is 36.6 Å². The van der Waals surface area contributed by atoms with E-state index in [1.807, 2.05) is 6.07 Å². The number of esters is 1. The summed E-state index contributed by atoms with van der Waals surface area (Å²) in [4.78, 5) is 35.9. The van der Waals surface area contributed by atoms with Crippen molar-refractivity contribution in [3.63, 3.8) is 0 Å². The van der Waals surface area contributed by atoms with E-state index in [0.29, 0.717) is 10.7 Å². The third-order valence-corrected chi connectivity index (χ3v) is 3.87. The monoisotopic (exact) mass is 417 g/mol. The first-order chi connectivity index (χ1) is 13.9. The minimum absolute atomic E-state index is 0.0764. The van der Waals surface area contributed by atoms with Crippen molar-refractivity contribution >= 4 is 34.9 Å². The van der Waals surface area contributed by atoms with E-state index < -0.39 is 30.0 Å². The molecule has 150 valence electrons. The first kappa shape index (κ1) is 21.7. The molecule has 0 aliphatic carbocycles. The number of hydrogen-bond donors (Lipinski definition) is 0. The molecule has 0 saturated heterocycles. The number of nitriles is 1. The van der Waals surface area contributed by atoms with E-state index in [9.17, 15) is 19.7 Å². The standard InChI is InChI=1S/C19H16ClN3O6/c20-14-5-3-6-15(11-14)22(10-4-9-21)18(24)12-29-19(25)13-28-17-8-2-1-7-16(17)23(26)27/h1-3,5-8,11H,4,10,12-13H2. The van der Waals surface area contributed by atoms with Crippen molar-refractivity contribution < 1.29 is 24.0 Å². The molecule has 0 atom stereocenters. The van der Waals surface area contributed by atoms with Crippen LogP contribution < -0.4 is 9.64 Å². The molecule has 0 aliphatic heterocycles. The quantitative estimate of drug-likeness (QED) is 0.349. The second kappa shape index (κ2) is 10.6. The molecule has 0 heterocycles. The van der Waals surface area contributed by atoms with E-state index >= 15 is 0 Å². The molecule has 0 aromatic heterocycles. The molecule has 0 fully saturated rings. The number of hydrogen-bond acceptors (Lipinski definition) is 7. The third kappa shape index (κ3) is 6.48. The van der Waals surface area contributed by atoms with Crippen LogP contribution in [0.5, 0.6) is 5.75 Å². The Bertz CT molecular complexity index is 944. The Kier molecular flexibility index (Phi) is 7.94. The Morgan fingerprint density at radius 3 is 2.62 bits per heavy atom. The fraction of sp³-hybridized carbons (Fsp3) is 0.211. The van der Waals surface area contributed by atoms with E-state index in [-0.39, 0.29) is 24.4 Å². The molecule has 2 aromatic rings. The van der Waals surface area contributed by atoms with Crippen molar-refractivity contribution in [1.82, 2.24) is 0 Å². The Balaban J connectivity index is 1.94. The second-order valence-corrected chi connectivity index (χ2v) is 6.04. The van der Waals surface area contributed by atoms with Gasteiger partial charge in [0, 0.05) is 23.3 Å². The first-order valence-corrected chi connectivity index (χ1v) is 8.75. The maximum atomic E-state index is 12.4. The van der Waals surface area contributed by atoms with Gasteiger partial charge in [0.2, 0.25) is 0 Å². The van der Waals surface area contributed by atoms with Crippen LogP contribution in [0.4, 0.5) is 11.4 Å². The molecule has 2 rings (SSSR count). The highest BCUT2D eigenvalue weighted by Gasteiger charge is 2.19. The summed E-state index contributed by atoms with van der Waals surface area (Å²) in [5.74, 6) is -1.51. The summed E-state index contributed by atoms with van der Waals surface area (Å²) < 4.78 is 10.0. The number of rotatable bonds is 9. The number of para-hydroxylation sites is 2. The zero-order chi connectivity index (χ0) is 21.2. The van der Waals surface area contributed by atoms with Gasteiger partial charge in [-0.25, -0.2) is 4.79 Å². The van der Waals surface area contributed by atoms with Gasteiger partial charge in [-0.2, -0.15) is 5.26 Å². The number of carbonyl (C=O) groups is 2. The second-order valence-electron chi connectivity index (χ2n) is 5.61. The van der Waals surface area contributed by atoms with Gasteiger partial charge in [0.05, 0.1) is 17.4 Å². The third-order valence-electron chi connectivity index (χ3n) is 3.63. The van der Waals surface area contributed by atoms with Crippen LogP contribution >= 0.6 is 11.6 Å². The summed E-state index contributed by atoms with van der Waals surface area (Å²) in [5, 5.41) is 20.1. The lowest BCUT2D eigenvalue weighted by atomic mass is 10.2. The van der Waals surface area contributed by atoms with Crippen LogP contribution in [0, 0.1) is 21.4 Å². The number of ether oxygens (including phenoxy) is 2. The molecule has 2 aromatic carbocycles. The van der Waals surface area contributed by atoms with Crippen molar-refractivity contribution in [3.05, 3.63) is 63.7 Å². The highest BCUT2D eigenvalue weighted by molar-refractivity contribution is 6.30. The minimum atomic E-state index is -0.872. The number of nitro benzene ring substituents is 1. The average Bonchev–Trinajstić information content (AvgIpc) is 2.71. The molecule has 1 amide bonds. The number of halogens is 1. The van der Waals surface area contributed by atoms with Gasteiger partial charge in [-0.05, 0) is 24.3 Å². The van der Waals surface area contributed by atoms with Gasteiger partial charge < -0.3 is 14.4 Å². The van der Waals surface area contributed by atoms with Crippen molar-refractivity contribution in [2.24, 2.45) is 0 Å². The predicted molar refractivity (Wildman–Crippen MR) is 104 cm³/mol. The molecular weight excluding hydrogens is 402 g/mol. The topological polar surface area (TPSA) is 123 Å². The molecule has 0 N–H and O–H groups in total. The molecule has 0 radical (unpaired) electrons. The predicted octanol–water partition coefficient (Wildman–Crippen LogP) is 3.12. The Morgan fingerprint density at radius 2 is 1.93 bits per heavy atom. The van der Waals surface area contributed by atoms with Crippen LogP contribution in [0.25, 0.3) is 0 Å². The molecule has 0 spiro atoms. The smallest absolute Gasteiger partial charge is 0.344 e. The van der Waals surface area contributed by atoms with E-state index in [2.05, 4.69) is 0 Å². The zero-order valence-electron chi connectivity index (χ0n) is 15.1. The lowest BCUT2D eigenvalue weighted by molar-refractivity contribution is -0.385. The largest absolute Gasteiger partial charge is 0.475 e. The summed E-state index contributed by atoms with van der Waals surface area (Å²) in [6, 6.07) is 14.0. The minimum Gasteiger partial charge on any atom is -0.475 e. The number of anilines is 1. The highest BCUT2D eigenvalue weighted by Crippen LogP contribution is 2.25. The van der Waals surface area contributed by atoms with Crippen LogP contribution in [0.15, 0.2) is 48.5 Å². The average molecular weight is 418 g/mol. The number of nitrogens with zero attached hydrogens (tertiary/aromatic N) is 3. The molecule has 29 heavy (non-hydrogen) atoms. The lowest BCUT2D eigenvalue weighted by Gasteiger charge is -2.21. The summed E-state index contributed by atoms with van der Waals surface area (Å²) in [6.45, 7) is -1.09. The van der Waals surface area contributed by atoms with Gasteiger partial charge in [-0.1, -0.05) is 29.8 Å². The summed E-state index contributed by atoms with van der Waals surface area (Å²) >= 11 is 5.94. The summed E-state index contributed by atoms with van der Waals surface area (Å²) in [6.07, 6.45) is 0.0764. The Morgan fingerprint density at radius 1 is 1.17 bits per heavy atom. The Hall–Kier alpha value is -3.64. The molecule has 10 heteroatoms. The van der Waals surface area contributed by atoms with E-state index in [0.717, 1.165) is 0 Å². The van der Waals surface area contributed by atoms with E-state index in [1.54, 1.807) is 24.3 Å². The summed E-state index contributed by atoms with van der Waals surface area (Å²) in [5.41, 5.74) is 0.171. The molecule has 9 nitrogen and oxygen atoms in total. The van der Waals surface area contributed by atoms with Gasteiger partial charge in [0.1, 0.15) is 0 Å². The van der Waals surface area contributed by atoms with Crippen molar-refractivity contribution in [2.45, 2.75) is 6.42 Å².